The highest BCUT2D eigenvalue weighted by Crippen LogP contribution is 2.17. The molecule has 0 rings (SSSR count). The Hall–Kier alpha value is -0.0800. The van der Waals surface area contributed by atoms with Gasteiger partial charge in [0.05, 0.1) is 12.2 Å². The van der Waals surface area contributed by atoms with Crippen molar-refractivity contribution in [3.8, 4) is 0 Å². The maximum Gasteiger partial charge on any atom is 0.0569 e. The van der Waals surface area contributed by atoms with Gasteiger partial charge in [-0.2, -0.15) is 0 Å². The standard InChI is InChI=1S/C10H22O2/c1-4-9(5-2)10(12)7-6-8(3)11/h8-12H,4-7H2,1-3H3. The summed E-state index contributed by atoms with van der Waals surface area (Å²) in [6.07, 6.45) is 2.97. The second kappa shape index (κ2) is 6.44. The zero-order chi connectivity index (χ0) is 9.56. The molecule has 74 valence electrons. The summed E-state index contributed by atoms with van der Waals surface area (Å²) in [6, 6.07) is 0. The molecule has 0 saturated carbocycles. The minimum Gasteiger partial charge on any atom is -0.393 e. The van der Waals surface area contributed by atoms with E-state index in [0.29, 0.717) is 12.3 Å². The molecule has 0 aliphatic rings. The number of hydrogen-bond acceptors (Lipinski definition) is 2. The van der Waals surface area contributed by atoms with Crippen LogP contribution in [-0.2, 0) is 0 Å². The summed E-state index contributed by atoms with van der Waals surface area (Å²) in [7, 11) is 0. The van der Waals surface area contributed by atoms with E-state index in [9.17, 15) is 5.11 Å². The highest BCUT2D eigenvalue weighted by Gasteiger charge is 2.15. The van der Waals surface area contributed by atoms with Crippen molar-refractivity contribution in [1.82, 2.24) is 0 Å². The first kappa shape index (κ1) is 11.9. The van der Waals surface area contributed by atoms with E-state index in [1.807, 2.05) is 0 Å². The highest BCUT2D eigenvalue weighted by atomic mass is 16.3. The summed E-state index contributed by atoms with van der Waals surface area (Å²) in [5.74, 6) is 0.406. The molecule has 0 amide bonds. The summed E-state index contributed by atoms with van der Waals surface area (Å²) in [5, 5.41) is 18.7. The number of rotatable bonds is 6. The second-order valence-corrected chi connectivity index (χ2v) is 3.57. The molecule has 0 spiro atoms. The third-order valence-electron chi connectivity index (χ3n) is 2.47. The van der Waals surface area contributed by atoms with Crippen LogP contribution >= 0.6 is 0 Å². The van der Waals surface area contributed by atoms with Gasteiger partial charge in [-0.3, -0.25) is 0 Å². The predicted molar refractivity (Wildman–Crippen MR) is 51.0 cm³/mol. The molecule has 0 aromatic carbocycles. The Kier molecular flexibility index (Phi) is 6.39. The van der Waals surface area contributed by atoms with Crippen LogP contribution in [0.2, 0.25) is 0 Å². The third-order valence-corrected chi connectivity index (χ3v) is 2.47. The van der Waals surface area contributed by atoms with Crippen molar-refractivity contribution < 1.29 is 10.2 Å². The number of aliphatic hydroxyl groups excluding tert-OH is 2. The molecule has 0 aromatic heterocycles. The lowest BCUT2D eigenvalue weighted by Crippen LogP contribution is -2.20. The molecule has 2 heteroatoms. The fourth-order valence-electron chi connectivity index (χ4n) is 1.48. The Morgan fingerprint density at radius 2 is 1.50 bits per heavy atom. The zero-order valence-corrected chi connectivity index (χ0v) is 8.45. The molecule has 0 fully saturated rings. The van der Waals surface area contributed by atoms with Gasteiger partial charge in [-0.15, -0.1) is 0 Å². The van der Waals surface area contributed by atoms with Crippen molar-refractivity contribution in [1.29, 1.82) is 0 Å². The van der Waals surface area contributed by atoms with Gasteiger partial charge in [0.1, 0.15) is 0 Å². The number of hydrogen-bond donors (Lipinski definition) is 2. The van der Waals surface area contributed by atoms with Gasteiger partial charge in [0, 0.05) is 0 Å². The molecule has 0 heterocycles. The lowest BCUT2D eigenvalue weighted by Gasteiger charge is -2.20. The van der Waals surface area contributed by atoms with E-state index in [-0.39, 0.29) is 12.2 Å². The third kappa shape index (κ3) is 4.73. The van der Waals surface area contributed by atoms with Crippen LogP contribution in [0.15, 0.2) is 0 Å². The molecule has 2 unspecified atom stereocenters. The van der Waals surface area contributed by atoms with Gasteiger partial charge in [0.15, 0.2) is 0 Å². The Balaban J connectivity index is 3.61. The van der Waals surface area contributed by atoms with Crippen LogP contribution in [0.4, 0.5) is 0 Å². The molecular weight excluding hydrogens is 152 g/mol. The zero-order valence-electron chi connectivity index (χ0n) is 8.45. The van der Waals surface area contributed by atoms with Crippen molar-refractivity contribution in [2.45, 2.75) is 58.7 Å². The van der Waals surface area contributed by atoms with E-state index < -0.39 is 0 Å². The number of aliphatic hydroxyl groups is 2. The molecule has 0 aromatic rings. The largest absolute Gasteiger partial charge is 0.393 e. The van der Waals surface area contributed by atoms with Gasteiger partial charge in [-0.1, -0.05) is 26.7 Å². The Labute approximate surface area is 75.6 Å². The van der Waals surface area contributed by atoms with E-state index >= 15 is 0 Å². The van der Waals surface area contributed by atoms with Crippen LogP contribution in [0.25, 0.3) is 0 Å². The van der Waals surface area contributed by atoms with Crippen LogP contribution in [0, 0.1) is 5.92 Å². The van der Waals surface area contributed by atoms with Crippen LogP contribution in [0.5, 0.6) is 0 Å². The smallest absolute Gasteiger partial charge is 0.0569 e. The van der Waals surface area contributed by atoms with Crippen molar-refractivity contribution in [3.05, 3.63) is 0 Å². The average Bonchev–Trinajstić information content (AvgIpc) is 2.03. The van der Waals surface area contributed by atoms with Crippen LogP contribution in [0.3, 0.4) is 0 Å². The first-order valence-corrected chi connectivity index (χ1v) is 4.97. The Morgan fingerprint density at radius 1 is 1.00 bits per heavy atom. The second-order valence-electron chi connectivity index (χ2n) is 3.57. The van der Waals surface area contributed by atoms with Crippen molar-refractivity contribution in [2.24, 2.45) is 5.92 Å². The average molecular weight is 174 g/mol. The van der Waals surface area contributed by atoms with E-state index in [0.717, 1.165) is 19.3 Å². The molecule has 2 nitrogen and oxygen atoms in total. The lowest BCUT2D eigenvalue weighted by atomic mass is 9.93. The van der Waals surface area contributed by atoms with E-state index in [2.05, 4.69) is 13.8 Å². The topological polar surface area (TPSA) is 40.5 Å². The Morgan fingerprint density at radius 3 is 1.83 bits per heavy atom. The quantitative estimate of drug-likeness (QED) is 0.646. The van der Waals surface area contributed by atoms with Crippen molar-refractivity contribution in [3.63, 3.8) is 0 Å². The lowest BCUT2D eigenvalue weighted by molar-refractivity contribution is 0.0740. The molecule has 2 atom stereocenters. The monoisotopic (exact) mass is 174 g/mol. The SMILES string of the molecule is CCC(CC)C(O)CCC(C)O. The van der Waals surface area contributed by atoms with Crippen molar-refractivity contribution in [2.75, 3.05) is 0 Å². The Bertz CT molecular complexity index is 98.0. The molecule has 0 radical (unpaired) electrons. The summed E-state index contributed by atoms with van der Waals surface area (Å²) >= 11 is 0. The van der Waals surface area contributed by atoms with E-state index in [1.54, 1.807) is 6.92 Å². The molecule has 2 N–H and O–H groups in total. The molecule has 0 bridgehead atoms. The normalized spacial score (nSPS) is 16.5. The highest BCUT2D eigenvalue weighted by molar-refractivity contribution is 4.67. The first-order chi connectivity index (χ1) is 5.61. The van der Waals surface area contributed by atoms with Gasteiger partial charge in [0.25, 0.3) is 0 Å². The van der Waals surface area contributed by atoms with Crippen LogP contribution in [-0.4, -0.2) is 22.4 Å². The van der Waals surface area contributed by atoms with Gasteiger partial charge in [-0.25, -0.2) is 0 Å². The fraction of sp³-hybridized carbons (Fsp3) is 1.00. The summed E-state index contributed by atoms with van der Waals surface area (Å²) in [5.41, 5.74) is 0. The van der Waals surface area contributed by atoms with Gasteiger partial charge >= 0.3 is 0 Å². The minimum absolute atomic E-state index is 0.227. The summed E-state index contributed by atoms with van der Waals surface area (Å²) < 4.78 is 0. The maximum atomic E-state index is 9.65. The fourth-order valence-corrected chi connectivity index (χ4v) is 1.48. The minimum atomic E-state index is -0.283. The van der Waals surface area contributed by atoms with Crippen molar-refractivity contribution >= 4 is 0 Å². The first-order valence-electron chi connectivity index (χ1n) is 4.97. The molecular formula is C10H22O2. The molecule has 0 aliphatic heterocycles. The van der Waals surface area contributed by atoms with Crippen LogP contribution < -0.4 is 0 Å². The molecule has 12 heavy (non-hydrogen) atoms. The molecule has 0 saturated heterocycles. The van der Waals surface area contributed by atoms with E-state index in [4.69, 9.17) is 5.11 Å². The van der Waals surface area contributed by atoms with E-state index in [1.165, 1.54) is 0 Å². The van der Waals surface area contributed by atoms with Gasteiger partial charge < -0.3 is 10.2 Å². The van der Waals surface area contributed by atoms with Gasteiger partial charge in [-0.05, 0) is 25.7 Å². The maximum absolute atomic E-state index is 9.65. The molecule has 0 aliphatic carbocycles. The summed E-state index contributed by atoms with van der Waals surface area (Å²) in [4.78, 5) is 0. The van der Waals surface area contributed by atoms with Crippen LogP contribution in [0.1, 0.15) is 46.5 Å². The predicted octanol–water partition coefficient (Wildman–Crippen LogP) is 1.94. The van der Waals surface area contributed by atoms with Gasteiger partial charge in [0.2, 0.25) is 0 Å². The summed E-state index contributed by atoms with van der Waals surface area (Å²) in [6.45, 7) is 5.96.